The number of hydrogen-bond acceptors (Lipinski definition) is 4. The maximum atomic E-state index is 12.5. The van der Waals surface area contributed by atoms with Crippen molar-refractivity contribution in [2.75, 3.05) is 17.3 Å². The predicted octanol–water partition coefficient (Wildman–Crippen LogP) is 3.97. The van der Waals surface area contributed by atoms with Crippen LogP contribution in [0.15, 0.2) is 60.0 Å². The maximum absolute atomic E-state index is 12.5. The van der Waals surface area contributed by atoms with E-state index in [1.165, 1.54) is 18.3 Å². The SMILES string of the molecule is CC(=O)Nc1cccc(-c2nc(CC(=O)N(C)c3ccccc3)cs2)c1. The van der Waals surface area contributed by atoms with Crippen LogP contribution in [0.3, 0.4) is 0 Å². The molecule has 3 rings (SSSR count). The summed E-state index contributed by atoms with van der Waals surface area (Å²) < 4.78 is 0. The highest BCUT2D eigenvalue weighted by molar-refractivity contribution is 7.13. The number of nitrogens with one attached hydrogen (secondary N) is 1. The van der Waals surface area contributed by atoms with Crippen LogP contribution in [0.1, 0.15) is 12.6 Å². The fraction of sp³-hybridized carbons (Fsp3) is 0.150. The number of thiazole rings is 1. The summed E-state index contributed by atoms with van der Waals surface area (Å²) in [6, 6.07) is 17.0. The van der Waals surface area contributed by atoms with Gasteiger partial charge in [-0.05, 0) is 24.3 Å². The molecule has 0 bridgehead atoms. The lowest BCUT2D eigenvalue weighted by atomic mass is 10.2. The summed E-state index contributed by atoms with van der Waals surface area (Å²) >= 11 is 1.49. The fourth-order valence-corrected chi connectivity index (χ4v) is 3.34. The van der Waals surface area contributed by atoms with Gasteiger partial charge in [0.15, 0.2) is 0 Å². The van der Waals surface area contributed by atoms with E-state index in [2.05, 4.69) is 10.3 Å². The van der Waals surface area contributed by atoms with Crippen LogP contribution in [0.25, 0.3) is 10.6 Å². The lowest BCUT2D eigenvalue weighted by Crippen LogP contribution is -2.27. The summed E-state index contributed by atoms with van der Waals surface area (Å²) in [5.41, 5.74) is 3.24. The first kappa shape index (κ1) is 17.8. The summed E-state index contributed by atoms with van der Waals surface area (Å²) in [6.45, 7) is 1.48. The van der Waals surface area contributed by atoms with Crippen molar-refractivity contribution in [3.8, 4) is 10.6 Å². The summed E-state index contributed by atoms with van der Waals surface area (Å²) in [4.78, 5) is 29.9. The molecule has 0 unspecified atom stereocenters. The van der Waals surface area contributed by atoms with E-state index in [1.807, 2.05) is 60.0 Å². The summed E-state index contributed by atoms with van der Waals surface area (Å²) in [5.74, 6) is -0.128. The molecule has 6 heteroatoms. The van der Waals surface area contributed by atoms with E-state index >= 15 is 0 Å². The van der Waals surface area contributed by atoms with Crippen LogP contribution in [0.4, 0.5) is 11.4 Å². The van der Waals surface area contributed by atoms with Crippen LogP contribution in [0.2, 0.25) is 0 Å². The van der Waals surface area contributed by atoms with E-state index < -0.39 is 0 Å². The molecule has 0 aliphatic carbocycles. The number of nitrogens with zero attached hydrogens (tertiary/aromatic N) is 2. The van der Waals surface area contributed by atoms with E-state index in [9.17, 15) is 9.59 Å². The fourth-order valence-electron chi connectivity index (χ4n) is 2.52. The lowest BCUT2D eigenvalue weighted by Gasteiger charge is -2.16. The molecule has 2 amide bonds. The second-order valence-corrected chi connectivity index (χ2v) is 6.73. The molecule has 0 radical (unpaired) electrons. The molecule has 0 saturated carbocycles. The van der Waals surface area contributed by atoms with Crippen molar-refractivity contribution in [3.05, 3.63) is 65.7 Å². The van der Waals surface area contributed by atoms with E-state index in [0.717, 1.165) is 27.6 Å². The van der Waals surface area contributed by atoms with Crippen LogP contribution in [-0.4, -0.2) is 23.8 Å². The molecule has 1 aromatic heterocycles. The van der Waals surface area contributed by atoms with Gasteiger partial charge in [0.1, 0.15) is 5.01 Å². The molecule has 0 saturated heterocycles. The van der Waals surface area contributed by atoms with Crippen LogP contribution in [-0.2, 0) is 16.0 Å². The van der Waals surface area contributed by atoms with Crippen LogP contribution < -0.4 is 10.2 Å². The number of hydrogen-bond donors (Lipinski definition) is 1. The van der Waals surface area contributed by atoms with Gasteiger partial charge in [-0.25, -0.2) is 4.98 Å². The Morgan fingerprint density at radius 2 is 1.88 bits per heavy atom. The molecule has 26 heavy (non-hydrogen) atoms. The zero-order valence-electron chi connectivity index (χ0n) is 14.6. The van der Waals surface area contributed by atoms with Gasteiger partial charge in [-0.1, -0.05) is 30.3 Å². The van der Waals surface area contributed by atoms with Crippen molar-refractivity contribution < 1.29 is 9.59 Å². The molecule has 0 spiro atoms. The van der Waals surface area contributed by atoms with Gasteiger partial charge in [-0.2, -0.15) is 0 Å². The second-order valence-electron chi connectivity index (χ2n) is 5.87. The quantitative estimate of drug-likeness (QED) is 0.744. The Bertz CT molecular complexity index is 922. The number of rotatable bonds is 5. The minimum atomic E-state index is -0.114. The van der Waals surface area contributed by atoms with Gasteiger partial charge < -0.3 is 10.2 Å². The van der Waals surface area contributed by atoms with E-state index in [-0.39, 0.29) is 18.2 Å². The van der Waals surface area contributed by atoms with Crippen LogP contribution in [0.5, 0.6) is 0 Å². The van der Waals surface area contributed by atoms with Gasteiger partial charge in [-0.15, -0.1) is 11.3 Å². The van der Waals surface area contributed by atoms with Gasteiger partial charge in [-0.3, -0.25) is 9.59 Å². The first-order chi connectivity index (χ1) is 12.5. The Labute approximate surface area is 156 Å². The van der Waals surface area contributed by atoms with Crippen molar-refractivity contribution in [3.63, 3.8) is 0 Å². The number of benzene rings is 2. The number of amides is 2. The Hall–Kier alpha value is -2.99. The van der Waals surface area contributed by atoms with Gasteiger partial charge in [0.2, 0.25) is 11.8 Å². The van der Waals surface area contributed by atoms with E-state index in [4.69, 9.17) is 0 Å². The smallest absolute Gasteiger partial charge is 0.232 e. The number of carbonyl (C=O) groups excluding carboxylic acids is 2. The Kier molecular flexibility index (Phi) is 5.43. The Morgan fingerprint density at radius 1 is 1.12 bits per heavy atom. The molecule has 2 aromatic carbocycles. The normalized spacial score (nSPS) is 10.4. The highest BCUT2D eigenvalue weighted by atomic mass is 32.1. The average Bonchev–Trinajstić information content (AvgIpc) is 3.10. The monoisotopic (exact) mass is 365 g/mol. The first-order valence-electron chi connectivity index (χ1n) is 8.17. The summed E-state index contributed by atoms with van der Waals surface area (Å²) in [5, 5.41) is 5.49. The topological polar surface area (TPSA) is 62.3 Å². The molecule has 1 heterocycles. The van der Waals surface area contributed by atoms with Crippen molar-refractivity contribution in [1.29, 1.82) is 0 Å². The zero-order valence-corrected chi connectivity index (χ0v) is 15.4. The van der Waals surface area contributed by atoms with Gasteiger partial charge in [0.25, 0.3) is 0 Å². The number of likely N-dealkylation sites (N-methyl/N-ethyl adjacent to an activating group) is 1. The minimum absolute atomic E-state index is 0.0138. The molecule has 5 nitrogen and oxygen atoms in total. The molecule has 0 aliphatic heterocycles. The molecule has 3 aromatic rings. The largest absolute Gasteiger partial charge is 0.326 e. The van der Waals surface area contributed by atoms with Crippen molar-refractivity contribution >= 4 is 34.5 Å². The van der Waals surface area contributed by atoms with Gasteiger partial charge in [0, 0.05) is 36.3 Å². The molecule has 132 valence electrons. The number of anilines is 2. The number of para-hydroxylation sites is 1. The van der Waals surface area contributed by atoms with Gasteiger partial charge >= 0.3 is 0 Å². The van der Waals surface area contributed by atoms with Crippen LogP contribution in [0, 0.1) is 0 Å². The predicted molar refractivity (Wildman–Crippen MR) is 105 cm³/mol. The first-order valence-corrected chi connectivity index (χ1v) is 9.05. The standard InChI is InChI=1S/C20H19N3O2S/c1-14(24)21-16-8-6-7-15(11-16)20-22-17(13-26-20)12-19(25)23(2)18-9-4-3-5-10-18/h3-11,13H,12H2,1-2H3,(H,21,24). The molecule has 1 N–H and O–H groups in total. The molecule has 0 aliphatic rings. The highest BCUT2D eigenvalue weighted by Gasteiger charge is 2.14. The van der Waals surface area contributed by atoms with Gasteiger partial charge in [0.05, 0.1) is 12.1 Å². The lowest BCUT2D eigenvalue weighted by molar-refractivity contribution is -0.117. The molecular weight excluding hydrogens is 346 g/mol. The van der Waals surface area contributed by atoms with E-state index in [0.29, 0.717) is 0 Å². The van der Waals surface area contributed by atoms with E-state index in [1.54, 1.807) is 11.9 Å². The van der Waals surface area contributed by atoms with Crippen molar-refractivity contribution in [1.82, 2.24) is 4.98 Å². The number of carbonyl (C=O) groups is 2. The van der Waals surface area contributed by atoms with Crippen molar-refractivity contribution in [2.24, 2.45) is 0 Å². The van der Waals surface area contributed by atoms with Crippen molar-refractivity contribution in [2.45, 2.75) is 13.3 Å². The molecule has 0 atom stereocenters. The number of aromatic nitrogens is 1. The minimum Gasteiger partial charge on any atom is -0.326 e. The Morgan fingerprint density at radius 3 is 2.62 bits per heavy atom. The molecular formula is C20H19N3O2S. The maximum Gasteiger partial charge on any atom is 0.232 e. The summed E-state index contributed by atoms with van der Waals surface area (Å²) in [6.07, 6.45) is 0.243. The summed E-state index contributed by atoms with van der Waals surface area (Å²) in [7, 11) is 1.77. The average molecular weight is 365 g/mol. The van der Waals surface area contributed by atoms with Crippen LogP contribution >= 0.6 is 11.3 Å². The molecule has 0 fully saturated rings. The third-order valence-corrected chi connectivity index (χ3v) is 4.77. The third-order valence-electron chi connectivity index (χ3n) is 3.83. The zero-order chi connectivity index (χ0) is 18.5. The third kappa shape index (κ3) is 4.34. The second kappa shape index (κ2) is 7.93. The highest BCUT2D eigenvalue weighted by Crippen LogP contribution is 2.26. The Balaban J connectivity index is 1.72.